The minimum atomic E-state index is -0.625. The number of phenols is 1. The third-order valence-corrected chi connectivity index (χ3v) is 1.50. The van der Waals surface area contributed by atoms with E-state index in [2.05, 4.69) is 0 Å². The number of halogens is 2. The molecule has 1 aromatic rings. The molecule has 68 valence electrons. The lowest BCUT2D eigenvalue weighted by molar-refractivity contribution is 0.431. The monoisotopic (exact) mass is 191 g/mol. The molecule has 4 heteroatoms. The third kappa shape index (κ3) is 2.36. The Labute approximate surface area is 76.6 Å². The quantitative estimate of drug-likeness (QED) is 0.713. The van der Waals surface area contributed by atoms with Gasteiger partial charge in [-0.2, -0.15) is 0 Å². The zero-order chi connectivity index (χ0) is 8.43. The number of hydrogen-bond donors (Lipinski definition) is 2. The van der Waals surface area contributed by atoms with Crippen LogP contribution in [0.4, 0.5) is 4.39 Å². The maximum Gasteiger partial charge on any atom is 0.165 e. The van der Waals surface area contributed by atoms with Crippen LogP contribution in [0.1, 0.15) is 18.5 Å². The van der Waals surface area contributed by atoms with Crippen LogP contribution < -0.4 is 5.73 Å². The molecule has 0 heterocycles. The predicted octanol–water partition coefficient (Wildman–Crippen LogP) is 1.97. The summed E-state index contributed by atoms with van der Waals surface area (Å²) in [5, 5.41) is 8.81. The van der Waals surface area contributed by atoms with Crippen molar-refractivity contribution in [2.75, 3.05) is 0 Å². The fourth-order valence-corrected chi connectivity index (χ4v) is 0.806. The zero-order valence-electron chi connectivity index (χ0n) is 6.62. The van der Waals surface area contributed by atoms with E-state index in [4.69, 9.17) is 10.8 Å². The maximum atomic E-state index is 12.6. The van der Waals surface area contributed by atoms with Gasteiger partial charge >= 0.3 is 0 Å². The van der Waals surface area contributed by atoms with Crippen LogP contribution >= 0.6 is 12.4 Å². The van der Waals surface area contributed by atoms with Gasteiger partial charge in [0.05, 0.1) is 0 Å². The van der Waals surface area contributed by atoms with Crippen LogP contribution in [-0.2, 0) is 0 Å². The number of aromatic hydroxyl groups is 1. The average Bonchev–Trinajstić information content (AvgIpc) is 1.94. The predicted molar refractivity (Wildman–Crippen MR) is 47.9 cm³/mol. The Hall–Kier alpha value is -0.800. The van der Waals surface area contributed by atoms with Gasteiger partial charge in [0.25, 0.3) is 0 Å². The summed E-state index contributed by atoms with van der Waals surface area (Å²) in [6.07, 6.45) is 0. The van der Waals surface area contributed by atoms with Gasteiger partial charge in [-0.15, -0.1) is 12.4 Å². The van der Waals surface area contributed by atoms with E-state index in [9.17, 15) is 4.39 Å². The van der Waals surface area contributed by atoms with Gasteiger partial charge in [-0.25, -0.2) is 4.39 Å². The number of benzene rings is 1. The number of hydrogen-bond acceptors (Lipinski definition) is 2. The minimum absolute atomic E-state index is 0. The molecule has 0 fully saturated rings. The molecule has 1 rings (SSSR count). The molecule has 0 radical (unpaired) electrons. The molecule has 3 N–H and O–H groups in total. The topological polar surface area (TPSA) is 46.2 Å². The molecule has 0 aliphatic carbocycles. The van der Waals surface area contributed by atoms with Crippen molar-refractivity contribution >= 4 is 12.4 Å². The van der Waals surface area contributed by atoms with Gasteiger partial charge in [-0.1, -0.05) is 6.07 Å². The number of phenolic OH excluding ortho intramolecular Hbond substituents is 1. The van der Waals surface area contributed by atoms with E-state index in [1.54, 1.807) is 13.0 Å². The molecule has 0 spiro atoms. The van der Waals surface area contributed by atoms with Crippen molar-refractivity contribution in [3.63, 3.8) is 0 Å². The molecule has 1 aromatic carbocycles. The number of rotatable bonds is 1. The Morgan fingerprint density at radius 3 is 2.50 bits per heavy atom. The molecule has 0 amide bonds. The first kappa shape index (κ1) is 11.2. The fraction of sp³-hybridized carbons (Fsp3) is 0.250. The normalized spacial score (nSPS) is 11.9. The van der Waals surface area contributed by atoms with Crippen molar-refractivity contribution in [3.05, 3.63) is 29.6 Å². The van der Waals surface area contributed by atoms with Gasteiger partial charge in [0.1, 0.15) is 0 Å². The smallest absolute Gasteiger partial charge is 0.165 e. The molecule has 2 nitrogen and oxygen atoms in total. The molecule has 12 heavy (non-hydrogen) atoms. The molecule has 0 aliphatic rings. The highest BCUT2D eigenvalue weighted by atomic mass is 35.5. The summed E-state index contributed by atoms with van der Waals surface area (Å²) in [6, 6.07) is 3.93. The van der Waals surface area contributed by atoms with Gasteiger partial charge in [-0.05, 0) is 24.6 Å². The highest BCUT2D eigenvalue weighted by Gasteiger charge is 2.03. The van der Waals surface area contributed by atoms with E-state index in [1.165, 1.54) is 12.1 Å². The van der Waals surface area contributed by atoms with Crippen molar-refractivity contribution in [1.82, 2.24) is 0 Å². The molecule has 0 aliphatic heterocycles. The fourth-order valence-electron chi connectivity index (χ4n) is 0.806. The second kappa shape index (κ2) is 4.28. The van der Waals surface area contributed by atoms with Crippen LogP contribution in [0.15, 0.2) is 18.2 Å². The number of nitrogens with two attached hydrogens (primary N) is 1. The first-order chi connectivity index (χ1) is 5.11. The Morgan fingerprint density at radius 2 is 2.08 bits per heavy atom. The lowest BCUT2D eigenvalue weighted by Crippen LogP contribution is -2.04. The van der Waals surface area contributed by atoms with Crippen LogP contribution in [0.2, 0.25) is 0 Å². The van der Waals surface area contributed by atoms with E-state index in [0.717, 1.165) is 0 Å². The van der Waals surface area contributed by atoms with Crippen LogP contribution in [0.3, 0.4) is 0 Å². The Balaban J connectivity index is 0.00000121. The summed E-state index contributed by atoms with van der Waals surface area (Å²) in [6.45, 7) is 1.76. The summed E-state index contributed by atoms with van der Waals surface area (Å²) in [7, 11) is 0. The molecule has 0 bridgehead atoms. The Kier molecular flexibility index (Phi) is 4.00. The molecular formula is C8H11ClFNO. The minimum Gasteiger partial charge on any atom is -0.505 e. The van der Waals surface area contributed by atoms with Gasteiger partial charge in [-0.3, -0.25) is 0 Å². The first-order valence-corrected chi connectivity index (χ1v) is 3.35. The van der Waals surface area contributed by atoms with Crippen LogP contribution in [0.5, 0.6) is 5.75 Å². The highest BCUT2D eigenvalue weighted by molar-refractivity contribution is 5.85. The molecule has 0 saturated carbocycles. The average molecular weight is 192 g/mol. The summed E-state index contributed by atoms with van der Waals surface area (Å²) in [5.41, 5.74) is 6.17. The van der Waals surface area contributed by atoms with Crippen LogP contribution in [-0.4, -0.2) is 5.11 Å². The lowest BCUT2D eigenvalue weighted by atomic mass is 10.1. The SMILES string of the molecule is CC(N)c1ccc(O)c(F)c1.Cl. The van der Waals surface area contributed by atoms with Gasteiger partial charge < -0.3 is 10.8 Å². The standard InChI is InChI=1S/C8H10FNO.ClH/c1-5(10)6-2-3-8(11)7(9)4-6;/h2-5,11H,10H2,1H3;1H. The van der Waals surface area contributed by atoms with E-state index in [-0.39, 0.29) is 24.2 Å². The van der Waals surface area contributed by atoms with E-state index < -0.39 is 5.82 Å². The summed E-state index contributed by atoms with van der Waals surface area (Å²) < 4.78 is 12.6. The van der Waals surface area contributed by atoms with Gasteiger partial charge in [0.15, 0.2) is 11.6 Å². The van der Waals surface area contributed by atoms with Crippen molar-refractivity contribution in [3.8, 4) is 5.75 Å². The van der Waals surface area contributed by atoms with Crippen LogP contribution in [0.25, 0.3) is 0 Å². The molecule has 0 aromatic heterocycles. The third-order valence-electron chi connectivity index (χ3n) is 1.50. The maximum absolute atomic E-state index is 12.6. The first-order valence-electron chi connectivity index (χ1n) is 3.35. The summed E-state index contributed by atoms with van der Waals surface area (Å²) in [4.78, 5) is 0. The molecule has 0 saturated heterocycles. The van der Waals surface area contributed by atoms with Crippen molar-refractivity contribution in [2.45, 2.75) is 13.0 Å². The summed E-state index contributed by atoms with van der Waals surface area (Å²) in [5.74, 6) is -0.964. The Bertz CT molecular complexity index is 265. The zero-order valence-corrected chi connectivity index (χ0v) is 7.44. The van der Waals surface area contributed by atoms with Crippen LogP contribution in [0, 0.1) is 5.82 Å². The molecule has 1 atom stereocenters. The highest BCUT2D eigenvalue weighted by Crippen LogP contribution is 2.18. The summed E-state index contributed by atoms with van der Waals surface area (Å²) >= 11 is 0. The second-order valence-corrected chi connectivity index (χ2v) is 2.50. The van der Waals surface area contributed by atoms with E-state index in [0.29, 0.717) is 5.56 Å². The molecule has 1 unspecified atom stereocenters. The Morgan fingerprint density at radius 1 is 1.50 bits per heavy atom. The van der Waals surface area contributed by atoms with Gasteiger partial charge in [0, 0.05) is 6.04 Å². The van der Waals surface area contributed by atoms with Crippen molar-refractivity contribution < 1.29 is 9.50 Å². The largest absolute Gasteiger partial charge is 0.505 e. The molecular weight excluding hydrogens is 181 g/mol. The van der Waals surface area contributed by atoms with Crippen molar-refractivity contribution in [1.29, 1.82) is 0 Å². The van der Waals surface area contributed by atoms with Crippen molar-refractivity contribution in [2.24, 2.45) is 5.73 Å². The second-order valence-electron chi connectivity index (χ2n) is 2.50. The van der Waals surface area contributed by atoms with E-state index >= 15 is 0 Å². The van der Waals surface area contributed by atoms with E-state index in [1.807, 2.05) is 0 Å². The lowest BCUT2D eigenvalue weighted by Gasteiger charge is -2.04. The van der Waals surface area contributed by atoms with Gasteiger partial charge in [0.2, 0.25) is 0 Å².